The average Bonchev–Trinajstić information content (AvgIpc) is 2.97. The van der Waals surface area contributed by atoms with Gasteiger partial charge in [0.1, 0.15) is 5.75 Å². The van der Waals surface area contributed by atoms with Crippen LogP contribution in [0, 0.1) is 0 Å². The smallest absolute Gasteiger partial charge is 0.128 e. The van der Waals surface area contributed by atoms with Crippen molar-refractivity contribution in [2.45, 2.75) is 25.4 Å². The molecule has 0 radical (unpaired) electrons. The van der Waals surface area contributed by atoms with Gasteiger partial charge in [-0.2, -0.15) is 5.10 Å². The molecule has 2 rings (SSSR count). The molecule has 1 atom stereocenters. The lowest BCUT2D eigenvalue weighted by molar-refractivity contribution is 0.155. The van der Waals surface area contributed by atoms with Gasteiger partial charge in [0, 0.05) is 12.2 Å². The molecular formula is C15H20N2O3. The number of benzene rings is 1. The van der Waals surface area contributed by atoms with Crippen molar-refractivity contribution in [2.75, 3.05) is 13.7 Å². The first-order valence-corrected chi connectivity index (χ1v) is 6.74. The van der Waals surface area contributed by atoms with E-state index in [9.17, 15) is 5.11 Å². The number of aromatic nitrogens is 2. The van der Waals surface area contributed by atoms with Crippen LogP contribution in [0.1, 0.15) is 31.1 Å². The number of para-hydroxylation sites is 1. The summed E-state index contributed by atoms with van der Waals surface area (Å²) >= 11 is 0. The molecule has 1 aromatic carbocycles. The Morgan fingerprint density at radius 2 is 2.10 bits per heavy atom. The molecule has 0 bridgehead atoms. The van der Waals surface area contributed by atoms with Crippen molar-refractivity contribution in [2.24, 2.45) is 0 Å². The lowest BCUT2D eigenvalue weighted by Crippen LogP contribution is -1.98. The summed E-state index contributed by atoms with van der Waals surface area (Å²) < 4.78 is 5.30. The van der Waals surface area contributed by atoms with E-state index < -0.39 is 6.10 Å². The summed E-state index contributed by atoms with van der Waals surface area (Å²) in [6.45, 7) is 0.155. The number of aliphatic hydroxyl groups excluding tert-OH is 2. The number of nitrogens with one attached hydrogen (secondary N) is 1. The number of hydrogen-bond acceptors (Lipinski definition) is 4. The Morgan fingerprint density at radius 1 is 1.30 bits per heavy atom. The number of rotatable bonds is 7. The van der Waals surface area contributed by atoms with Gasteiger partial charge in [-0.3, -0.25) is 5.10 Å². The van der Waals surface area contributed by atoms with Crippen molar-refractivity contribution in [3.05, 3.63) is 36.0 Å². The first-order valence-electron chi connectivity index (χ1n) is 6.74. The van der Waals surface area contributed by atoms with Crippen LogP contribution >= 0.6 is 0 Å². The van der Waals surface area contributed by atoms with Gasteiger partial charge in [0.25, 0.3) is 0 Å². The molecule has 0 fully saturated rings. The van der Waals surface area contributed by atoms with Crippen LogP contribution in [-0.2, 0) is 0 Å². The summed E-state index contributed by atoms with van der Waals surface area (Å²) in [6.07, 6.45) is 1.50. The monoisotopic (exact) mass is 276 g/mol. The molecule has 0 aliphatic carbocycles. The molecule has 0 amide bonds. The molecule has 0 aliphatic rings. The molecule has 1 heterocycles. The molecule has 5 nitrogen and oxygen atoms in total. The number of methoxy groups -OCH3 is 1. The summed E-state index contributed by atoms with van der Waals surface area (Å²) in [6, 6.07) is 9.46. The van der Waals surface area contributed by atoms with Crippen molar-refractivity contribution >= 4 is 0 Å². The highest BCUT2D eigenvalue weighted by molar-refractivity contribution is 5.67. The van der Waals surface area contributed by atoms with Gasteiger partial charge >= 0.3 is 0 Å². The maximum absolute atomic E-state index is 10.0. The van der Waals surface area contributed by atoms with Crippen LogP contribution in [0.3, 0.4) is 0 Å². The van der Waals surface area contributed by atoms with Gasteiger partial charge in [0.2, 0.25) is 0 Å². The fourth-order valence-electron chi connectivity index (χ4n) is 2.11. The van der Waals surface area contributed by atoms with Crippen LogP contribution in [0.4, 0.5) is 0 Å². The van der Waals surface area contributed by atoms with E-state index in [1.807, 2.05) is 30.3 Å². The van der Waals surface area contributed by atoms with E-state index in [1.54, 1.807) is 7.11 Å². The Balaban J connectivity index is 2.12. The molecule has 1 unspecified atom stereocenters. The van der Waals surface area contributed by atoms with Crippen molar-refractivity contribution in [1.82, 2.24) is 10.2 Å². The number of unbranched alkanes of at least 4 members (excludes halogenated alkanes) is 1. The Hall–Kier alpha value is -1.85. The molecule has 0 saturated heterocycles. The van der Waals surface area contributed by atoms with Gasteiger partial charge < -0.3 is 14.9 Å². The van der Waals surface area contributed by atoms with Crippen molar-refractivity contribution in [1.29, 1.82) is 0 Å². The predicted octanol–water partition coefficient (Wildman–Crippen LogP) is 2.28. The van der Waals surface area contributed by atoms with Gasteiger partial charge in [0.05, 0.1) is 24.6 Å². The number of hydrogen-bond donors (Lipinski definition) is 3. The SMILES string of the molecule is COc1ccccc1-c1cc(C(O)CCCCO)[nH]n1. The van der Waals surface area contributed by atoms with E-state index in [-0.39, 0.29) is 6.61 Å². The van der Waals surface area contributed by atoms with Crippen molar-refractivity contribution < 1.29 is 14.9 Å². The summed E-state index contributed by atoms with van der Waals surface area (Å²) in [5, 5.41) is 25.9. The maximum atomic E-state index is 10.0. The zero-order valence-electron chi connectivity index (χ0n) is 11.5. The minimum atomic E-state index is -0.586. The Morgan fingerprint density at radius 3 is 2.85 bits per heavy atom. The summed E-state index contributed by atoms with van der Waals surface area (Å²) in [5.74, 6) is 0.750. The summed E-state index contributed by atoms with van der Waals surface area (Å²) in [4.78, 5) is 0. The largest absolute Gasteiger partial charge is 0.496 e. The van der Waals surface area contributed by atoms with Crippen molar-refractivity contribution in [3.8, 4) is 17.0 Å². The van der Waals surface area contributed by atoms with E-state index in [2.05, 4.69) is 10.2 Å². The number of H-pyrrole nitrogens is 1. The van der Waals surface area contributed by atoms with Crippen LogP contribution in [0.25, 0.3) is 11.3 Å². The van der Waals surface area contributed by atoms with E-state index in [0.717, 1.165) is 23.4 Å². The molecule has 0 spiro atoms. The van der Waals surface area contributed by atoms with Crippen LogP contribution in [0.15, 0.2) is 30.3 Å². The number of ether oxygens (including phenoxy) is 1. The molecule has 0 saturated carbocycles. The lowest BCUT2D eigenvalue weighted by Gasteiger charge is -2.07. The standard InChI is InChI=1S/C15H20N2O3/c1-20-15-8-3-2-6-11(15)12-10-13(17-16-12)14(19)7-4-5-9-18/h2-3,6,8,10,14,18-19H,4-5,7,9H2,1H3,(H,16,17). The molecule has 20 heavy (non-hydrogen) atoms. The molecule has 108 valence electrons. The Kier molecular flexibility index (Phi) is 5.15. The Labute approximate surface area is 118 Å². The zero-order chi connectivity index (χ0) is 14.4. The van der Waals surface area contributed by atoms with Crippen LogP contribution < -0.4 is 4.74 Å². The highest BCUT2D eigenvalue weighted by atomic mass is 16.5. The van der Waals surface area contributed by atoms with Gasteiger partial charge in [0.15, 0.2) is 0 Å². The van der Waals surface area contributed by atoms with Gasteiger partial charge in [-0.05, 0) is 37.5 Å². The minimum absolute atomic E-state index is 0.155. The minimum Gasteiger partial charge on any atom is -0.496 e. The highest BCUT2D eigenvalue weighted by Crippen LogP contribution is 2.30. The molecule has 3 N–H and O–H groups in total. The maximum Gasteiger partial charge on any atom is 0.128 e. The topological polar surface area (TPSA) is 78.4 Å². The summed E-state index contributed by atoms with van der Waals surface area (Å²) in [5.41, 5.74) is 2.32. The van der Waals surface area contributed by atoms with E-state index in [4.69, 9.17) is 9.84 Å². The van der Waals surface area contributed by atoms with E-state index in [0.29, 0.717) is 18.5 Å². The number of aliphatic hydroxyl groups is 2. The fraction of sp³-hybridized carbons (Fsp3) is 0.400. The zero-order valence-corrected chi connectivity index (χ0v) is 11.5. The average molecular weight is 276 g/mol. The molecule has 1 aromatic heterocycles. The molecule has 5 heteroatoms. The first kappa shape index (κ1) is 14.6. The second-order valence-corrected chi connectivity index (χ2v) is 4.64. The van der Waals surface area contributed by atoms with Gasteiger partial charge in [-0.1, -0.05) is 12.1 Å². The molecule has 2 aromatic rings. The van der Waals surface area contributed by atoms with E-state index >= 15 is 0 Å². The third kappa shape index (κ3) is 3.37. The fourth-order valence-corrected chi connectivity index (χ4v) is 2.11. The predicted molar refractivity (Wildman–Crippen MR) is 76.5 cm³/mol. The first-order chi connectivity index (χ1) is 9.76. The Bertz CT molecular complexity index is 539. The molecular weight excluding hydrogens is 256 g/mol. The van der Waals surface area contributed by atoms with Crippen LogP contribution in [0.2, 0.25) is 0 Å². The molecule has 0 aliphatic heterocycles. The van der Waals surface area contributed by atoms with E-state index in [1.165, 1.54) is 0 Å². The third-order valence-corrected chi connectivity index (χ3v) is 3.23. The van der Waals surface area contributed by atoms with Crippen LogP contribution in [0.5, 0.6) is 5.75 Å². The lowest BCUT2D eigenvalue weighted by atomic mass is 10.1. The summed E-state index contributed by atoms with van der Waals surface area (Å²) in [7, 11) is 1.62. The van der Waals surface area contributed by atoms with Crippen LogP contribution in [-0.4, -0.2) is 34.1 Å². The highest BCUT2D eigenvalue weighted by Gasteiger charge is 2.13. The second kappa shape index (κ2) is 7.07. The van der Waals surface area contributed by atoms with Gasteiger partial charge in [-0.25, -0.2) is 0 Å². The third-order valence-electron chi connectivity index (χ3n) is 3.23. The normalized spacial score (nSPS) is 12.3. The number of aromatic amines is 1. The quantitative estimate of drug-likeness (QED) is 0.678. The van der Waals surface area contributed by atoms with Gasteiger partial charge in [-0.15, -0.1) is 0 Å². The van der Waals surface area contributed by atoms with Crippen molar-refractivity contribution in [3.63, 3.8) is 0 Å². The second-order valence-electron chi connectivity index (χ2n) is 4.64. The number of nitrogens with zero attached hydrogens (tertiary/aromatic N) is 1.